The topological polar surface area (TPSA) is 45.6 Å². The molecule has 0 bridgehead atoms. The molecule has 22 heavy (non-hydrogen) atoms. The standard InChI is InChI=1S/C16H21ClN2O2S/c1-19(9-15(20)10-21-2)8-14-11-22-16(18-14)7-12-3-5-13(17)6-4-12/h3-6,11,15,20H,7-10H2,1-2H3. The minimum absolute atomic E-state index is 0.350. The number of nitrogens with zero attached hydrogens (tertiary/aromatic N) is 2. The molecule has 0 saturated carbocycles. The van der Waals surface area contributed by atoms with Crippen LogP contribution in [0, 0.1) is 0 Å². The third kappa shape index (κ3) is 5.66. The highest BCUT2D eigenvalue weighted by atomic mass is 35.5. The number of ether oxygens (including phenoxy) is 1. The van der Waals surface area contributed by atoms with Crippen molar-refractivity contribution in [2.45, 2.75) is 19.1 Å². The molecule has 0 aliphatic heterocycles. The highest BCUT2D eigenvalue weighted by molar-refractivity contribution is 7.09. The molecule has 1 aromatic carbocycles. The lowest BCUT2D eigenvalue weighted by Gasteiger charge is -2.18. The smallest absolute Gasteiger partial charge is 0.0972 e. The van der Waals surface area contributed by atoms with Gasteiger partial charge in [0.1, 0.15) is 0 Å². The van der Waals surface area contributed by atoms with Crippen molar-refractivity contribution < 1.29 is 9.84 Å². The van der Waals surface area contributed by atoms with Gasteiger partial charge in [-0.25, -0.2) is 4.98 Å². The third-order valence-corrected chi connectivity index (χ3v) is 4.33. The molecule has 1 N–H and O–H groups in total. The number of thiazole rings is 1. The minimum atomic E-state index is -0.470. The number of halogens is 1. The Morgan fingerprint density at radius 3 is 2.77 bits per heavy atom. The van der Waals surface area contributed by atoms with E-state index in [-0.39, 0.29) is 0 Å². The average Bonchev–Trinajstić information content (AvgIpc) is 2.88. The van der Waals surface area contributed by atoms with Crippen LogP contribution in [0.2, 0.25) is 5.02 Å². The van der Waals surface area contributed by atoms with Crippen molar-refractivity contribution in [2.24, 2.45) is 0 Å². The number of hydrogen-bond donors (Lipinski definition) is 1. The van der Waals surface area contributed by atoms with Gasteiger partial charge in [0, 0.05) is 37.0 Å². The molecule has 0 aliphatic carbocycles. The van der Waals surface area contributed by atoms with E-state index in [1.165, 1.54) is 5.56 Å². The zero-order valence-corrected chi connectivity index (χ0v) is 14.4. The minimum Gasteiger partial charge on any atom is -0.389 e. The van der Waals surface area contributed by atoms with E-state index < -0.39 is 6.10 Å². The number of hydrogen-bond acceptors (Lipinski definition) is 5. The first kappa shape index (κ1) is 17.4. The summed E-state index contributed by atoms with van der Waals surface area (Å²) in [4.78, 5) is 6.70. The Labute approximate surface area is 140 Å². The van der Waals surface area contributed by atoms with Crippen molar-refractivity contribution in [2.75, 3.05) is 27.3 Å². The summed E-state index contributed by atoms with van der Waals surface area (Å²) in [5.74, 6) is 0. The zero-order valence-electron chi connectivity index (χ0n) is 12.8. The van der Waals surface area contributed by atoms with Crippen LogP contribution in [0.3, 0.4) is 0 Å². The lowest BCUT2D eigenvalue weighted by molar-refractivity contribution is 0.0417. The first-order valence-corrected chi connectivity index (χ1v) is 8.36. The number of methoxy groups -OCH3 is 1. The molecule has 1 aromatic heterocycles. The van der Waals surface area contributed by atoms with Gasteiger partial charge in [0.25, 0.3) is 0 Å². The Hall–Kier alpha value is -0.980. The van der Waals surface area contributed by atoms with E-state index in [9.17, 15) is 5.11 Å². The molecule has 0 amide bonds. The Kier molecular flexibility index (Phi) is 6.79. The van der Waals surface area contributed by atoms with Gasteiger partial charge in [0.05, 0.1) is 23.4 Å². The number of likely N-dealkylation sites (N-methyl/N-ethyl adjacent to an activating group) is 1. The van der Waals surface area contributed by atoms with Crippen molar-refractivity contribution in [1.29, 1.82) is 0 Å². The van der Waals surface area contributed by atoms with Gasteiger partial charge in [-0.2, -0.15) is 0 Å². The molecule has 4 nitrogen and oxygen atoms in total. The number of aliphatic hydroxyl groups is 1. The zero-order chi connectivity index (χ0) is 15.9. The molecule has 1 unspecified atom stereocenters. The van der Waals surface area contributed by atoms with Crippen LogP contribution in [-0.4, -0.2) is 48.4 Å². The molecule has 2 rings (SSSR count). The van der Waals surface area contributed by atoms with Gasteiger partial charge in [-0.3, -0.25) is 4.90 Å². The van der Waals surface area contributed by atoms with Crippen LogP contribution in [0.25, 0.3) is 0 Å². The number of aromatic nitrogens is 1. The number of rotatable bonds is 8. The fourth-order valence-electron chi connectivity index (χ4n) is 2.23. The summed E-state index contributed by atoms with van der Waals surface area (Å²) in [6.45, 7) is 1.64. The van der Waals surface area contributed by atoms with Gasteiger partial charge < -0.3 is 9.84 Å². The molecule has 2 aromatic rings. The van der Waals surface area contributed by atoms with Crippen LogP contribution in [-0.2, 0) is 17.7 Å². The lowest BCUT2D eigenvalue weighted by atomic mass is 10.2. The second-order valence-electron chi connectivity index (χ2n) is 5.34. The van der Waals surface area contributed by atoms with Gasteiger partial charge in [-0.1, -0.05) is 23.7 Å². The van der Waals surface area contributed by atoms with E-state index in [4.69, 9.17) is 16.3 Å². The summed E-state index contributed by atoms with van der Waals surface area (Å²) in [6, 6.07) is 7.85. The Balaban J connectivity index is 1.87. The maximum absolute atomic E-state index is 9.72. The van der Waals surface area contributed by atoms with E-state index in [2.05, 4.69) is 10.4 Å². The Morgan fingerprint density at radius 2 is 2.09 bits per heavy atom. The highest BCUT2D eigenvalue weighted by Crippen LogP contribution is 2.17. The molecule has 0 radical (unpaired) electrons. The van der Waals surface area contributed by atoms with Gasteiger partial charge in [0.15, 0.2) is 0 Å². The fourth-order valence-corrected chi connectivity index (χ4v) is 3.17. The Bertz CT molecular complexity index is 574. The number of aliphatic hydroxyl groups excluding tert-OH is 1. The van der Waals surface area contributed by atoms with Crippen LogP contribution >= 0.6 is 22.9 Å². The lowest BCUT2D eigenvalue weighted by Crippen LogP contribution is -2.31. The summed E-state index contributed by atoms with van der Waals surface area (Å²) >= 11 is 7.55. The molecule has 1 heterocycles. The van der Waals surface area contributed by atoms with Crippen LogP contribution in [0.15, 0.2) is 29.6 Å². The summed E-state index contributed by atoms with van der Waals surface area (Å²) in [6.07, 6.45) is 0.347. The van der Waals surface area contributed by atoms with E-state index in [1.54, 1.807) is 18.4 Å². The van der Waals surface area contributed by atoms with E-state index in [0.717, 1.165) is 28.7 Å². The maximum atomic E-state index is 9.72. The molecule has 6 heteroatoms. The quantitative estimate of drug-likeness (QED) is 0.802. The Morgan fingerprint density at radius 1 is 1.36 bits per heavy atom. The van der Waals surface area contributed by atoms with Crippen LogP contribution < -0.4 is 0 Å². The van der Waals surface area contributed by atoms with E-state index in [0.29, 0.717) is 13.2 Å². The molecule has 0 spiro atoms. The predicted molar refractivity (Wildman–Crippen MR) is 90.6 cm³/mol. The summed E-state index contributed by atoms with van der Waals surface area (Å²) in [7, 11) is 3.56. The second kappa shape index (κ2) is 8.60. The van der Waals surface area contributed by atoms with Crippen molar-refractivity contribution in [3.63, 3.8) is 0 Å². The van der Waals surface area contributed by atoms with Crippen molar-refractivity contribution in [3.05, 3.63) is 50.9 Å². The molecule has 1 atom stereocenters. The number of benzene rings is 1. The van der Waals surface area contributed by atoms with Crippen molar-refractivity contribution in [3.8, 4) is 0 Å². The molecular formula is C16H21ClN2O2S. The average molecular weight is 341 g/mol. The monoisotopic (exact) mass is 340 g/mol. The summed E-state index contributed by atoms with van der Waals surface area (Å²) in [5.41, 5.74) is 2.23. The molecule has 0 fully saturated rings. The first-order chi connectivity index (χ1) is 10.6. The largest absolute Gasteiger partial charge is 0.389 e. The van der Waals surface area contributed by atoms with Crippen molar-refractivity contribution in [1.82, 2.24) is 9.88 Å². The summed E-state index contributed by atoms with van der Waals surface area (Å²) < 4.78 is 4.93. The van der Waals surface area contributed by atoms with Gasteiger partial charge in [0.2, 0.25) is 0 Å². The van der Waals surface area contributed by atoms with E-state index >= 15 is 0 Å². The molecule has 0 saturated heterocycles. The highest BCUT2D eigenvalue weighted by Gasteiger charge is 2.10. The van der Waals surface area contributed by atoms with Gasteiger partial charge >= 0.3 is 0 Å². The third-order valence-electron chi connectivity index (χ3n) is 3.18. The maximum Gasteiger partial charge on any atom is 0.0972 e. The molecular weight excluding hydrogens is 320 g/mol. The first-order valence-electron chi connectivity index (χ1n) is 7.10. The van der Waals surface area contributed by atoms with Gasteiger partial charge in [-0.15, -0.1) is 11.3 Å². The summed E-state index contributed by atoms with van der Waals surface area (Å²) in [5, 5.41) is 13.6. The van der Waals surface area contributed by atoms with Crippen LogP contribution in [0.4, 0.5) is 0 Å². The van der Waals surface area contributed by atoms with Gasteiger partial charge in [-0.05, 0) is 24.7 Å². The normalized spacial score (nSPS) is 12.8. The fraction of sp³-hybridized carbons (Fsp3) is 0.438. The van der Waals surface area contributed by atoms with E-state index in [1.807, 2.05) is 36.2 Å². The van der Waals surface area contributed by atoms with Crippen LogP contribution in [0.5, 0.6) is 0 Å². The second-order valence-corrected chi connectivity index (χ2v) is 6.72. The van der Waals surface area contributed by atoms with Crippen LogP contribution in [0.1, 0.15) is 16.3 Å². The van der Waals surface area contributed by atoms with Crippen molar-refractivity contribution >= 4 is 22.9 Å². The molecule has 0 aliphatic rings. The predicted octanol–water partition coefficient (Wildman–Crippen LogP) is 2.83. The SMILES string of the molecule is COCC(O)CN(C)Cc1csc(Cc2ccc(Cl)cc2)n1. The molecule has 120 valence electrons.